The summed E-state index contributed by atoms with van der Waals surface area (Å²) in [5, 5.41) is 0. The number of rotatable bonds is 7. The summed E-state index contributed by atoms with van der Waals surface area (Å²) in [6.45, 7) is 5.60. The first-order valence-corrected chi connectivity index (χ1v) is 8.02. The minimum atomic E-state index is -2.78. The number of hydrogen-bond acceptors (Lipinski definition) is 4. The van der Waals surface area contributed by atoms with Gasteiger partial charge in [0.1, 0.15) is 9.84 Å². The molecule has 0 aromatic heterocycles. The minimum absolute atomic E-state index is 0.267. The highest BCUT2D eigenvalue weighted by Crippen LogP contribution is 2.18. The molecule has 16 heavy (non-hydrogen) atoms. The van der Waals surface area contributed by atoms with Crippen LogP contribution >= 0.6 is 0 Å². The molecule has 0 amide bonds. The molecule has 5 heteroatoms. The van der Waals surface area contributed by atoms with Gasteiger partial charge in [-0.2, -0.15) is 0 Å². The van der Waals surface area contributed by atoms with Gasteiger partial charge in [0.25, 0.3) is 0 Å². The highest BCUT2D eigenvalue weighted by molar-refractivity contribution is 7.91. The summed E-state index contributed by atoms with van der Waals surface area (Å²) in [7, 11) is -2.78. The maximum atomic E-state index is 11.3. The van der Waals surface area contributed by atoms with E-state index in [2.05, 4.69) is 4.90 Å². The Labute approximate surface area is 99.1 Å². The molecular formula is C11H24N2O2S. The summed E-state index contributed by atoms with van der Waals surface area (Å²) in [6.07, 6.45) is 3.09. The maximum absolute atomic E-state index is 11.3. The second-order valence-electron chi connectivity index (χ2n) is 4.62. The van der Waals surface area contributed by atoms with Gasteiger partial charge < -0.3 is 10.6 Å². The quantitative estimate of drug-likeness (QED) is 0.712. The molecule has 0 radical (unpaired) electrons. The number of nitrogens with two attached hydrogens (primary N) is 1. The van der Waals surface area contributed by atoms with Crippen LogP contribution in [0.1, 0.15) is 26.2 Å². The Hall–Kier alpha value is -0.130. The zero-order valence-electron chi connectivity index (χ0n) is 10.2. The fourth-order valence-electron chi connectivity index (χ4n) is 2.24. The van der Waals surface area contributed by atoms with Crippen molar-refractivity contribution >= 4 is 9.84 Å². The smallest absolute Gasteiger partial charge is 0.150 e. The second kappa shape index (κ2) is 6.57. The van der Waals surface area contributed by atoms with Crippen molar-refractivity contribution in [1.29, 1.82) is 0 Å². The van der Waals surface area contributed by atoms with E-state index in [-0.39, 0.29) is 5.75 Å². The molecule has 1 saturated heterocycles. The molecule has 0 spiro atoms. The Morgan fingerprint density at radius 2 is 2.19 bits per heavy atom. The zero-order chi connectivity index (χ0) is 12.0. The topological polar surface area (TPSA) is 63.4 Å². The van der Waals surface area contributed by atoms with Crippen LogP contribution in [-0.2, 0) is 9.84 Å². The van der Waals surface area contributed by atoms with Crippen molar-refractivity contribution in [2.24, 2.45) is 11.7 Å². The molecule has 1 atom stereocenters. The normalized spacial score (nSPS) is 22.8. The van der Waals surface area contributed by atoms with Crippen LogP contribution in [0.15, 0.2) is 0 Å². The molecule has 4 nitrogen and oxygen atoms in total. The van der Waals surface area contributed by atoms with Crippen LogP contribution in [0.3, 0.4) is 0 Å². The predicted molar refractivity (Wildman–Crippen MR) is 67.2 cm³/mol. The lowest BCUT2D eigenvalue weighted by atomic mass is 10.1. The Morgan fingerprint density at radius 3 is 2.81 bits per heavy atom. The van der Waals surface area contributed by atoms with Crippen LogP contribution in [-0.4, -0.2) is 51.0 Å². The van der Waals surface area contributed by atoms with E-state index < -0.39 is 9.84 Å². The van der Waals surface area contributed by atoms with Gasteiger partial charge in [-0.15, -0.1) is 0 Å². The molecule has 0 aromatic carbocycles. The fourth-order valence-corrected chi connectivity index (χ4v) is 3.10. The number of sulfone groups is 1. The lowest BCUT2D eigenvalue weighted by molar-refractivity contribution is 0.322. The number of nitrogens with zero attached hydrogens (tertiary/aromatic N) is 1. The summed E-state index contributed by atoms with van der Waals surface area (Å²) >= 11 is 0. The number of likely N-dealkylation sites (tertiary alicyclic amines) is 1. The third-order valence-electron chi connectivity index (χ3n) is 3.31. The van der Waals surface area contributed by atoms with E-state index in [1.807, 2.05) is 0 Å². The van der Waals surface area contributed by atoms with Crippen LogP contribution in [0.2, 0.25) is 0 Å². The zero-order valence-corrected chi connectivity index (χ0v) is 11.0. The van der Waals surface area contributed by atoms with E-state index in [4.69, 9.17) is 5.73 Å². The van der Waals surface area contributed by atoms with Crippen molar-refractivity contribution in [3.63, 3.8) is 0 Å². The van der Waals surface area contributed by atoms with Gasteiger partial charge in [-0.05, 0) is 44.8 Å². The minimum Gasteiger partial charge on any atom is -0.330 e. The monoisotopic (exact) mass is 248 g/mol. The summed E-state index contributed by atoms with van der Waals surface area (Å²) in [5.74, 6) is 1.33. The Morgan fingerprint density at radius 1 is 1.44 bits per heavy atom. The van der Waals surface area contributed by atoms with Crippen molar-refractivity contribution in [2.75, 3.05) is 37.7 Å². The largest absolute Gasteiger partial charge is 0.330 e. The fraction of sp³-hybridized carbons (Fsp3) is 1.00. The number of hydrogen-bond donors (Lipinski definition) is 1. The standard InChI is InChI=1S/C11H24N2O2S/c1-2-16(14,15)9-3-7-13-8-5-11(10-13)4-6-12/h11H,2-10,12H2,1H3. The molecule has 1 fully saturated rings. The summed E-state index contributed by atoms with van der Waals surface area (Å²) in [5.41, 5.74) is 5.53. The molecule has 1 aliphatic heterocycles. The Balaban J connectivity index is 2.16. The average molecular weight is 248 g/mol. The van der Waals surface area contributed by atoms with E-state index in [1.165, 1.54) is 6.42 Å². The molecule has 96 valence electrons. The van der Waals surface area contributed by atoms with Gasteiger partial charge in [-0.25, -0.2) is 8.42 Å². The van der Waals surface area contributed by atoms with E-state index in [0.717, 1.165) is 44.9 Å². The third kappa shape index (κ3) is 4.80. The summed E-state index contributed by atoms with van der Waals surface area (Å²) < 4.78 is 22.6. The van der Waals surface area contributed by atoms with Gasteiger partial charge in [0, 0.05) is 12.3 Å². The highest BCUT2D eigenvalue weighted by Gasteiger charge is 2.21. The van der Waals surface area contributed by atoms with Gasteiger partial charge in [0.05, 0.1) is 5.75 Å². The third-order valence-corrected chi connectivity index (χ3v) is 5.10. The lowest BCUT2D eigenvalue weighted by Crippen LogP contribution is -2.24. The molecule has 1 rings (SSSR count). The van der Waals surface area contributed by atoms with Crippen LogP contribution in [0.25, 0.3) is 0 Å². The van der Waals surface area contributed by atoms with Crippen LogP contribution in [0.4, 0.5) is 0 Å². The van der Waals surface area contributed by atoms with Crippen LogP contribution < -0.4 is 5.73 Å². The van der Waals surface area contributed by atoms with Crippen LogP contribution in [0, 0.1) is 5.92 Å². The Kier molecular flexibility index (Phi) is 5.72. The summed E-state index contributed by atoms with van der Waals surface area (Å²) in [6, 6.07) is 0. The van der Waals surface area contributed by atoms with E-state index >= 15 is 0 Å². The molecule has 1 heterocycles. The van der Waals surface area contributed by atoms with Crippen molar-refractivity contribution in [3.05, 3.63) is 0 Å². The first-order valence-electron chi connectivity index (χ1n) is 6.20. The maximum Gasteiger partial charge on any atom is 0.150 e. The SMILES string of the molecule is CCS(=O)(=O)CCCN1CCC(CCN)C1. The van der Waals surface area contributed by atoms with Crippen molar-refractivity contribution in [3.8, 4) is 0 Å². The molecule has 0 saturated carbocycles. The molecule has 0 aromatic rings. The highest BCUT2D eigenvalue weighted by atomic mass is 32.2. The van der Waals surface area contributed by atoms with Gasteiger partial charge in [-0.3, -0.25) is 0 Å². The van der Waals surface area contributed by atoms with Gasteiger partial charge in [0.15, 0.2) is 0 Å². The first kappa shape index (κ1) is 13.9. The molecule has 0 aliphatic carbocycles. The van der Waals surface area contributed by atoms with Crippen molar-refractivity contribution in [2.45, 2.75) is 26.2 Å². The lowest BCUT2D eigenvalue weighted by Gasteiger charge is -2.15. The van der Waals surface area contributed by atoms with Gasteiger partial charge in [0.2, 0.25) is 0 Å². The predicted octanol–water partition coefficient (Wildman–Crippen LogP) is 0.482. The average Bonchev–Trinajstić information content (AvgIpc) is 2.66. The first-order chi connectivity index (χ1) is 7.57. The molecular weight excluding hydrogens is 224 g/mol. The molecule has 1 unspecified atom stereocenters. The van der Waals surface area contributed by atoms with Gasteiger partial charge in [-0.1, -0.05) is 6.92 Å². The van der Waals surface area contributed by atoms with Crippen LogP contribution in [0.5, 0.6) is 0 Å². The van der Waals surface area contributed by atoms with Crippen molar-refractivity contribution < 1.29 is 8.42 Å². The van der Waals surface area contributed by atoms with Crippen molar-refractivity contribution in [1.82, 2.24) is 4.90 Å². The Bertz CT molecular complexity index is 290. The van der Waals surface area contributed by atoms with E-state index in [0.29, 0.717) is 5.75 Å². The molecule has 1 aliphatic rings. The summed E-state index contributed by atoms with van der Waals surface area (Å²) in [4.78, 5) is 2.37. The molecule has 0 bridgehead atoms. The van der Waals surface area contributed by atoms with Gasteiger partial charge >= 0.3 is 0 Å². The van der Waals surface area contributed by atoms with E-state index in [9.17, 15) is 8.42 Å². The molecule has 2 N–H and O–H groups in total. The second-order valence-corrected chi connectivity index (χ2v) is 7.10. The van der Waals surface area contributed by atoms with E-state index in [1.54, 1.807) is 6.92 Å².